The second-order valence-electron chi connectivity index (χ2n) is 7.83. The lowest BCUT2D eigenvalue weighted by Gasteiger charge is -2.36. The fourth-order valence-corrected chi connectivity index (χ4v) is 3.91. The molecule has 0 unspecified atom stereocenters. The first kappa shape index (κ1) is 21.4. The van der Waals surface area contributed by atoms with Gasteiger partial charge in [-0.25, -0.2) is 0 Å². The van der Waals surface area contributed by atoms with Gasteiger partial charge in [-0.3, -0.25) is 14.9 Å². The van der Waals surface area contributed by atoms with E-state index in [4.69, 9.17) is 0 Å². The van der Waals surface area contributed by atoms with Gasteiger partial charge in [0.25, 0.3) is 5.69 Å². The maximum absolute atomic E-state index is 12.6. The number of piperazine rings is 1. The number of nitro groups is 1. The van der Waals surface area contributed by atoms with Crippen LogP contribution in [0.5, 0.6) is 0 Å². The maximum atomic E-state index is 12.6. The summed E-state index contributed by atoms with van der Waals surface area (Å²) < 4.78 is 0. The molecular formula is C25H26N4O3. The van der Waals surface area contributed by atoms with Crippen molar-refractivity contribution in [1.29, 1.82) is 0 Å². The van der Waals surface area contributed by atoms with Gasteiger partial charge >= 0.3 is 0 Å². The van der Waals surface area contributed by atoms with Gasteiger partial charge < -0.3 is 15.1 Å². The van der Waals surface area contributed by atoms with Gasteiger partial charge in [0.05, 0.1) is 11.3 Å². The average Bonchev–Trinajstić information content (AvgIpc) is 2.84. The molecule has 164 valence electrons. The van der Waals surface area contributed by atoms with Crippen LogP contribution in [-0.4, -0.2) is 41.9 Å². The molecule has 1 amide bonds. The van der Waals surface area contributed by atoms with Crippen molar-refractivity contribution in [3.8, 4) is 0 Å². The third-order valence-corrected chi connectivity index (χ3v) is 5.70. The van der Waals surface area contributed by atoms with E-state index in [-0.39, 0.29) is 16.5 Å². The van der Waals surface area contributed by atoms with E-state index in [1.54, 1.807) is 12.1 Å². The standard InChI is InChI=1S/C25H26N4O3/c30-25(17-20-7-3-1-4-8-20)28-15-13-27(14-16-28)22-11-12-24(29(31)32)23(18-22)26-19-21-9-5-2-6-10-21/h1-12,18,26H,13-17,19H2. The van der Waals surface area contributed by atoms with Gasteiger partial charge in [0.15, 0.2) is 0 Å². The van der Waals surface area contributed by atoms with E-state index in [0.717, 1.165) is 16.8 Å². The van der Waals surface area contributed by atoms with Crippen molar-refractivity contribution in [2.24, 2.45) is 0 Å². The molecule has 0 aliphatic carbocycles. The summed E-state index contributed by atoms with van der Waals surface area (Å²) in [5.74, 6) is 0.129. The zero-order chi connectivity index (χ0) is 22.3. The number of carbonyl (C=O) groups excluding carboxylic acids is 1. The molecule has 1 N–H and O–H groups in total. The van der Waals surface area contributed by atoms with Crippen molar-refractivity contribution < 1.29 is 9.72 Å². The molecule has 0 saturated carbocycles. The minimum Gasteiger partial charge on any atom is -0.375 e. The molecule has 0 aromatic heterocycles. The second kappa shape index (κ2) is 9.96. The number of carbonyl (C=O) groups is 1. The van der Waals surface area contributed by atoms with E-state index < -0.39 is 0 Å². The van der Waals surface area contributed by atoms with E-state index in [1.165, 1.54) is 0 Å². The molecular weight excluding hydrogens is 404 g/mol. The minimum absolute atomic E-state index is 0.0568. The van der Waals surface area contributed by atoms with Gasteiger partial charge in [0, 0.05) is 44.5 Å². The summed E-state index contributed by atoms with van der Waals surface area (Å²) in [6.07, 6.45) is 0.409. The number of hydrogen-bond donors (Lipinski definition) is 1. The summed E-state index contributed by atoms with van der Waals surface area (Å²) in [7, 11) is 0. The quantitative estimate of drug-likeness (QED) is 0.451. The fraction of sp³-hybridized carbons (Fsp3) is 0.240. The summed E-state index contributed by atoms with van der Waals surface area (Å²) in [5, 5.41) is 14.7. The van der Waals surface area contributed by atoms with Crippen LogP contribution in [-0.2, 0) is 17.8 Å². The first-order chi connectivity index (χ1) is 15.6. The first-order valence-corrected chi connectivity index (χ1v) is 10.7. The largest absolute Gasteiger partial charge is 0.375 e. The monoisotopic (exact) mass is 430 g/mol. The number of anilines is 2. The van der Waals surface area contributed by atoms with E-state index in [1.807, 2.05) is 71.6 Å². The Hall–Kier alpha value is -3.87. The Bertz CT molecular complexity index is 1070. The maximum Gasteiger partial charge on any atom is 0.292 e. The van der Waals surface area contributed by atoms with Crippen molar-refractivity contribution in [2.75, 3.05) is 36.4 Å². The summed E-state index contributed by atoms with van der Waals surface area (Å²) >= 11 is 0. The Kier molecular flexibility index (Phi) is 6.65. The van der Waals surface area contributed by atoms with Crippen LogP contribution in [0.1, 0.15) is 11.1 Å². The molecule has 1 aliphatic heterocycles. The van der Waals surface area contributed by atoms with Crippen molar-refractivity contribution in [2.45, 2.75) is 13.0 Å². The number of nitro benzene ring substituents is 1. The van der Waals surface area contributed by atoms with Crippen LogP contribution >= 0.6 is 0 Å². The zero-order valence-corrected chi connectivity index (χ0v) is 17.8. The molecule has 1 fully saturated rings. The fourth-order valence-electron chi connectivity index (χ4n) is 3.91. The first-order valence-electron chi connectivity index (χ1n) is 10.7. The van der Waals surface area contributed by atoms with Gasteiger partial charge in [-0.1, -0.05) is 60.7 Å². The van der Waals surface area contributed by atoms with Crippen LogP contribution < -0.4 is 10.2 Å². The molecule has 7 heteroatoms. The van der Waals surface area contributed by atoms with Crippen molar-refractivity contribution in [3.63, 3.8) is 0 Å². The summed E-state index contributed by atoms with van der Waals surface area (Å²) in [4.78, 5) is 27.8. The highest BCUT2D eigenvalue weighted by atomic mass is 16.6. The van der Waals surface area contributed by atoms with Gasteiger partial charge in [-0.15, -0.1) is 0 Å². The second-order valence-corrected chi connectivity index (χ2v) is 7.83. The summed E-state index contributed by atoms with van der Waals surface area (Å²) in [6.45, 7) is 3.16. The predicted molar refractivity (Wildman–Crippen MR) is 126 cm³/mol. The van der Waals surface area contributed by atoms with Crippen molar-refractivity contribution in [3.05, 3.63) is 100 Å². The Morgan fingerprint density at radius 3 is 2.12 bits per heavy atom. The molecule has 0 atom stereocenters. The number of hydrogen-bond acceptors (Lipinski definition) is 5. The number of rotatable bonds is 7. The molecule has 7 nitrogen and oxygen atoms in total. The van der Waals surface area contributed by atoms with Crippen LogP contribution in [0.2, 0.25) is 0 Å². The van der Waals surface area contributed by atoms with Gasteiger partial charge in [0.1, 0.15) is 5.69 Å². The molecule has 3 aromatic rings. The molecule has 1 aliphatic rings. The van der Waals surface area contributed by atoms with Crippen LogP contribution in [0.25, 0.3) is 0 Å². The molecule has 3 aromatic carbocycles. The minimum atomic E-state index is -0.364. The van der Waals surface area contributed by atoms with Gasteiger partial charge in [0.2, 0.25) is 5.91 Å². The topological polar surface area (TPSA) is 78.7 Å². The van der Waals surface area contributed by atoms with E-state index in [2.05, 4.69) is 10.2 Å². The summed E-state index contributed by atoms with van der Waals surface area (Å²) in [5.41, 5.74) is 3.55. The highest BCUT2D eigenvalue weighted by Crippen LogP contribution is 2.30. The van der Waals surface area contributed by atoms with E-state index in [0.29, 0.717) is 44.8 Å². The van der Waals surface area contributed by atoms with E-state index >= 15 is 0 Å². The Labute approximate surface area is 187 Å². The lowest BCUT2D eigenvalue weighted by atomic mass is 10.1. The van der Waals surface area contributed by atoms with Gasteiger partial charge in [-0.2, -0.15) is 0 Å². The molecule has 1 saturated heterocycles. The molecule has 32 heavy (non-hydrogen) atoms. The zero-order valence-electron chi connectivity index (χ0n) is 17.8. The Morgan fingerprint density at radius 2 is 1.50 bits per heavy atom. The Morgan fingerprint density at radius 1 is 0.875 bits per heavy atom. The molecule has 0 spiro atoms. The molecule has 0 radical (unpaired) electrons. The number of benzene rings is 3. The highest BCUT2D eigenvalue weighted by Gasteiger charge is 2.23. The van der Waals surface area contributed by atoms with Crippen molar-refractivity contribution >= 4 is 23.0 Å². The lowest BCUT2D eigenvalue weighted by Crippen LogP contribution is -2.49. The highest BCUT2D eigenvalue weighted by molar-refractivity contribution is 5.79. The van der Waals surface area contributed by atoms with Gasteiger partial charge in [-0.05, 0) is 23.3 Å². The van der Waals surface area contributed by atoms with E-state index in [9.17, 15) is 14.9 Å². The van der Waals surface area contributed by atoms with Crippen LogP contribution in [0.15, 0.2) is 78.9 Å². The number of nitrogens with one attached hydrogen (secondary N) is 1. The van der Waals surface area contributed by atoms with Crippen LogP contribution in [0.3, 0.4) is 0 Å². The molecule has 4 rings (SSSR count). The third-order valence-electron chi connectivity index (χ3n) is 5.70. The van der Waals surface area contributed by atoms with Crippen LogP contribution in [0, 0.1) is 10.1 Å². The predicted octanol–water partition coefficient (Wildman–Crippen LogP) is 4.10. The normalized spacial score (nSPS) is 13.6. The molecule has 1 heterocycles. The third kappa shape index (κ3) is 5.24. The van der Waals surface area contributed by atoms with Crippen LogP contribution in [0.4, 0.5) is 17.1 Å². The summed E-state index contributed by atoms with van der Waals surface area (Å²) in [6, 6.07) is 24.7. The molecule has 0 bridgehead atoms. The lowest BCUT2D eigenvalue weighted by molar-refractivity contribution is -0.384. The smallest absolute Gasteiger partial charge is 0.292 e. The Balaban J connectivity index is 1.40. The van der Waals surface area contributed by atoms with Crippen molar-refractivity contribution in [1.82, 2.24) is 4.90 Å². The SMILES string of the molecule is O=C(Cc1ccccc1)N1CCN(c2ccc([N+](=O)[O-])c(NCc3ccccc3)c2)CC1. The number of nitrogens with zero attached hydrogens (tertiary/aromatic N) is 3. The number of amides is 1. The average molecular weight is 431 g/mol.